The summed E-state index contributed by atoms with van der Waals surface area (Å²) in [5.41, 5.74) is 4.81. The molecule has 0 bridgehead atoms. The lowest BCUT2D eigenvalue weighted by atomic mass is 10.0. The topological polar surface area (TPSA) is 52.9 Å². The van der Waals surface area contributed by atoms with Crippen LogP contribution in [0.4, 0.5) is 5.69 Å². The van der Waals surface area contributed by atoms with E-state index in [0.29, 0.717) is 0 Å². The molecule has 0 spiro atoms. The van der Waals surface area contributed by atoms with Crippen LogP contribution in [0.5, 0.6) is 0 Å². The van der Waals surface area contributed by atoms with Gasteiger partial charge in [0.15, 0.2) is 0 Å². The first-order valence-electron chi connectivity index (χ1n) is 7.59. The average molecular weight is 336 g/mol. The quantitative estimate of drug-likeness (QED) is 0.492. The fraction of sp³-hybridized carbons (Fsp3) is 0.200. The maximum atomic E-state index is 12.5. The van der Waals surface area contributed by atoms with Gasteiger partial charge in [0.2, 0.25) is 0 Å². The van der Waals surface area contributed by atoms with Gasteiger partial charge in [0.1, 0.15) is 11.6 Å². The van der Waals surface area contributed by atoms with E-state index in [-0.39, 0.29) is 11.5 Å². The maximum Gasteiger partial charge on any atom is 0.266 e. The second-order valence-corrected chi connectivity index (χ2v) is 6.55. The van der Waals surface area contributed by atoms with Crippen molar-refractivity contribution in [1.82, 2.24) is 0 Å². The lowest BCUT2D eigenvalue weighted by Crippen LogP contribution is -2.15. The number of nitrogens with zero attached hydrogens (tertiary/aromatic N) is 1. The van der Waals surface area contributed by atoms with Crippen molar-refractivity contribution in [3.05, 3.63) is 64.2 Å². The molecule has 3 nitrogen and oxygen atoms in total. The van der Waals surface area contributed by atoms with E-state index in [1.807, 2.05) is 69.5 Å². The molecular weight excluding hydrogens is 316 g/mol. The van der Waals surface area contributed by atoms with Crippen LogP contribution in [0.2, 0.25) is 0 Å². The maximum absolute atomic E-state index is 12.5. The standard InChI is InChI=1S/C20H20N2OS/c1-13-9-14(2)19(15(3)10-13)22-20(23)17(12-21)11-16-5-7-18(24-4)8-6-16/h5-11H,1-4H3,(H,22,23)/b17-11-. The number of aryl methyl sites for hydroxylation is 3. The number of hydrogen-bond acceptors (Lipinski definition) is 3. The molecule has 0 aromatic heterocycles. The third kappa shape index (κ3) is 4.27. The van der Waals surface area contributed by atoms with Crippen LogP contribution >= 0.6 is 11.8 Å². The molecule has 2 aromatic rings. The molecule has 0 unspecified atom stereocenters. The van der Waals surface area contributed by atoms with Gasteiger partial charge in [-0.1, -0.05) is 29.8 Å². The highest BCUT2D eigenvalue weighted by molar-refractivity contribution is 7.98. The van der Waals surface area contributed by atoms with E-state index >= 15 is 0 Å². The number of hydrogen-bond donors (Lipinski definition) is 1. The summed E-state index contributed by atoms with van der Waals surface area (Å²) < 4.78 is 0. The Morgan fingerprint density at radius 3 is 2.21 bits per heavy atom. The Bertz CT molecular complexity index is 807. The van der Waals surface area contributed by atoms with Gasteiger partial charge in [-0.3, -0.25) is 4.79 Å². The summed E-state index contributed by atoms with van der Waals surface area (Å²) in [6.07, 6.45) is 3.61. The van der Waals surface area contributed by atoms with Crippen LogP contribution in [0.1, 0.15) is 22.3 Å². The highest BCUT2D eigenvalue weighted by Crippen LogP contribution is 2.23. The van der Waals surface area contributed by atoms with Crippen LogP contribution in [0.3, 0.4) is 0 Å². The zero-order valence-electron chi connectivity index (χ0n) is 14.3. The molecule has 4 heteroatoms. The SMILES string of the molecule is CSc1ccc(/C=C(/C#N)C(=O)Nc2c(C)cc(C)cc2C)cc1. The predicted molar refractivity (Wildman–Crippen MR) is 101 cm³/mol. The van der Waals surface area contributed by atoms with Crippen molar-refractivity contribution in [3.63, 3.8) is 0 Å². The fourth-order valence-electron chi connectivity index (χ4n) is 2.57. The molecule has 24 heavy (non-hydrogen) atoms. The van der Waals surface area contributed by atoms with Crippen molar-refractivity contribution in [2.45, 2.75) is 25.7 Å². The first-order chi connectivity index (χ1) is 11.4. The summed E-state index contributed by atoms with van der Waals surface area (Å²) >= 11 is 1.65. The normalized spacial score (nSPS) is 11.0. The minimum atomic E-state index is -0.388. The fourth-order valence-corrected chi connectivity index (χ4v) is 2.98. The van der Waals surface area contributed by atoms with Crippen molar-refractivity contribution in [3.8, 4) is 6.07 Å². The molecule has 0 fully saturated rings. The summed E-state index contributed by atoms with van der Waals surface area (Å²) in [6, 6.07) is 13.8. The van der Waals surface area contributed by atoms with Crippen molar-refractivity contribution in [2.75, 3.05) is 11.6 Å². The van der Waals surface area contributed by atoms with Gasteiger partial charge < -0.3 is 5.32 Å². The van der Waals surface area contributed by atoms with Gasteiger partial charge in [0, 0.05) is 10.6 Å². The lowest BCUT2D eigenvalue weighted by Gasteiger charge is -2.12. The molecule has 122 valence electrons. The third-order valence-corrected chi connectivity index (χ3v) is 4.45. The first kappa shape index (κ1) is 17.8. The van der Waals surface area contributed by atoms with E-state index in [2.05, 4.69) is 5.32 Å². The molecule has 2 rings (SSSR count). The number of amides is 1. The van der Waals surface area contributed by atoms with Crippen LogP contribution in [-0.4, -0.2) is 12.2 Å². The van der Waals surface area contributed by atoms with E-state index in [0.717, 1.165) is 32.8 Å². The first-order valence-corrected chi connectivity index (χ1v) is 8.82. The van der Waals surface area contributed by atoms with Crippen LogP contribution < -0.4 is 5.32 Å². The largest absolute Gasteiger partial charge is 0.321 e. The van der Waals surface area contributed by atoms with E-state index < -0.39 is 0 Å². The van der Waals surface area contributed by atoms with Crippen molar-refractivity contribution in [1.29, 1.82) is 5.26 Å². The monoisotopic (exact) mass is 336 g/mol. The third-order valence-electron chi connectivity index (χ3n) is 3.71. The number of nitrogens with one attached hydrogen (secondary N) is 1. The van der Waals surface area contributed by atoms with Gasteiger partial charge in [0.25, 0.3) is 5.91 Å². The highest BCUT2D eigenvalue weighted by Gasteiger charge is 2.12. The van der Waals surface area contributed by atoms with Gasteiger partial charge >= 0.3 is 0 Å². The number of rotatable bonds is 4. The van der Waals surface area contributed by atoms with E-state index in [1.165, 1.54) is 0 Å². The summed E-state index contributed by atoms with van der Waals surface area (Å²) in [7, 11) is 0. The Hall–Kier alpha value is -2.51. The minimum absolute atomic E-state index is 0.0891. The number of benzene rings is 2. The molecule has 1 amide bonds. The number of thioether (sulfide) groups is 1. The van der Waals surface area contributed by atoms with E-state index in [1.54, 1.807) is 17.8 Å². The molecule has 0 saturated carbocycles. The minimum Gasteiger partial charge on any atom is -0.321 e. The molecular formula is C20H20N2OS. The smallest absolute Gasteiger partial charge is 0.266 e. The lowest BCUT2D eigenvalue weighted by molar-refractivity contribution is -0.112. The van der Waals surface area contributed by atoms with Crippen LogP contribution in [-0.2, 0) is 4.79 Å². The Labute approximate surface area is 147 Å². The summed E-state index contributed by atoms with van der Waals surface area (Å²) in [4.78, 5) is 13.6. The second kappa shape index (κ2) is 7.85. The van der Waals surface area contributed by atoms with Crippen molar-refractivity contribution in [2.24, 2.45) is 0 Å². The number of carbonyl (C=O) groups excluding carboxylic acids is 1. The van der Waals surface area contributed by atoms with Crippen molar-refractivity contribution < 1.29 is 4.79 Å². The van der Waals surface area contributed by atoms with Gasteiger partial charge in [-0.25, -0.2) is 0 Å². The Morgan fingerprint density at radius 1 is 1.12 bits per heavy atom. The predicted octanol–water partition coefficient (Wildman–Crippen LogP) is 4.88. The van der Waals surface area contributed by atoms with Crippen molar-refractivity contribution >= 4 is 29.4 Å². The molecule has 0 saturated heterocycles. The van der Waals surface area contributed by atoms with Crippen LogP contribution in [0.15, 0.2) is 46.9 Å². The molecule has 0 aliphatic rings. The molecule has 0 radical (unpaired) electrons. The van der Waals surface area contributed by atoms with Crippen LogP contribution in [0, 0.1) is 32.1 Å². The molecule has 0 atom stereocenters. The van der Waals surface area contributed by atoms with Crippen LogP contribution in [0.25, 0.3) is 6.08 Å². The van der Waals surface area contributed by atoms with E-state index in [9.17, 15) is 10.1 Å². The molecule has 0 aliphatic carbocycles. The summed E-state index contributed by atoms with van der Waals surface area (Å²) in [6.45, 7) is 5.92. The van der Waals surface area contributed by atoms with Gasteiger partial charge in [0.05, 0.1) is 0 Å². The van der Waals surface area contributed by atoms with Gasteiger partial charge in [-0.15, -0.1) is 11.8 Å². The molecule has 0 aliphatic heterocycles. The zero-order chi connectivity index (χ0) is 17.7. The Morgan fingerprint density at radius 2 is 1.71 bits per heavy atom. The molecule has 1 N–H and O–H groups in total. The van der Waals surface area contributed by atoms with E-state index in [4.69, 9.17) is 0 Å². The Balaban J connectivity index is 2.26. The summed E-state index contributed by atoms with van der Waals surface area (Å²) in [5, 5.41) is 12.2. The Kier molecular flexibility index (Phi) is 5.83. The number of nitriles is 1. The molecule has 0 heterocycles. The second-order valence-electron chi connectivity index (χ2n) is 5.67. The van der Waals surface area contributed by atoms with Gasteiger partial charge in [-0.05, 0) is 61.9 Å². The zero-order valence-corrected chi connectivity index (χ0v) is 15.1. The number of anilines is 1. The molecule has 2 aromatic carbocycles. The number of carbonyl (C=O) groups is 1. The average Bonchev–Trinajstić information content (AvgIpc) is 2.56. The summed E-state index contributed by atoms with van der Waals surface area (Å²) in [5.74, 6) is -0.388. The van der Waals surface area contributed by atoms with Gasteiger partial charge in [-0.2, -0.15) is 5.26 Å². The highest BCUT2D eigenvalue weighted by atomic mass is 32.2.